The molecule has 1 heterocycles. The molecule has 1 aromatic carbocycles. The molecular weight excluding hydrogens is 260 g/mol. The first-order valence-electron chi connectivity index (χ1n) is 8.05. The Morgan fingerprint density at radius 1 is 1.14 bits per heavy atom. The Balaban J connectivity index is 2.16. The van der Waals surface area contributed by atoms with Crippen LogP contribution in [0.4, 0.5) is 5.69 Å². The number of carbonyl (C=O) groups excluding carboxylic acids is 1. The minimum absolute atomic E-state index is 0.0658. The van der Waals surface area contributed by atoms with Gasteiger partial charge in [0, 0.05) is 11.6 Å². The van der Waals surface area contributed by atoms with Crippen LogP contribution in [0.2, 0.25) is 0 Å². The van der Waals surface area contributed by atoms with Gasteiger partial charge in [-0.3, -0.25) is 4.79 Å². The van der Waals surface area contributed by atoms with Gasteiger partial charge in [0.25, 0.3) is 0 Å². The summed E-state index contributed by atoms with van der Waals surface area (Å²) in [5.74, 6) is 1.59. The number of carbonyl (C=O) groups is 1. The monoisotopic (exact) mass is 288 g/mol. The number of amides is 1. The van der Waals surface area contributed by atoms with Crippen molar-refractivity contribution in [1.29, 1.82) is 0 Å². The van der Waals surface area contributed by atoms with E-state index in [1.807, 2.05) is 6.92 Å². The lowest BCUT2D eigenvalue weighted by atomic mass is 9.88. The standard InChI is InChI=1S/C18H28N2O/c1-11(2)14-6-7-17(16(8-14)12(3)4)20-18(21)13(5)15-9-19-10-15/h6-8,11-13,15,19H,9-10H2,1-5H3,(H,20,21). The van der Waals surface area contributed by atoms with Crippen molar-refractivity contribution in [3.05, 3.63) is 29.3 Å². The van der Waals surface area contributed by atoms with Crippen LogP contribution >= 0.6 is 0 Å². The normalized spacial score (nSPS) is 16.9. The Morgan fingerprint density at radius 3 is 2.29 bits per heavy atom. The molecule has 116 valence electrons. The summed E-state index contributed by atoms with van der Waals surface area (Å²) in [6.07, 6.45) is 0. The van der Waals surface area contributed by atoms with Crippen molar-refractivity contribution in [2.45, 2.75) is 46.5 Å². The summed E-state index contributed by atoms with van der Waals surface area (Å²) in [6, 6.07) is 6.43. The van der Waals surface area contributed by atoms with Crippen molar-refractivity contribution < 1.29 is 4.79 Å². The highest BCUT2D eigenvalue weighted by Gasteiger charge is 2.29. The molecule has 1 atom stereocenters. The highest BCUT2D eigenvalue weighted by molar-refractivity contribution is 5.93. The van der Waals surface area contributed by atoms with Gasteiger partial charge in [-0.05, 0) is 48.0 Å². The largest absolute Gasteiger partial charge is 0.326 e. The number of anilines is 1. The fourth-order valence-corrected chi connectivity index (χ4v) is 2.66. The van der Waals surface area contributed by atoms with Crippen molar-refractivity contribution in [3.8, 4) is 0 Å². The molecule has 1 aliphatic heterocycles. The minimum Gasteiger partial charge on any atom is -0.326 e. The van der Waals surface area contributed by atoms with Crippen molar-refractivity contribution >= 4 is 11.6 Å². The van der Waals surface area contributed by atoms with E-state index in [4.69, 9.17) is 0 Å². The zero-order valence-electron chi connectivity index (χ0n) is 13.9. The molecule has 1 aromatic rings. The van der Waals surface area contributed by atoms with E-state index < -0.39 is 0 Å². The van der Waals surface area contributed by atoms with E-state index in [1.54, 1.807) is 0 Å². The molecule has 0 aromatic heterocycles. The second-order valence-corrected chi connectivity index (χ2v) is 6.85. The van der Waals surface area contributed by atoms with E-state index in [1.165, 1.54) is 11.1 Å². The topological polar surface area (TPSA) is 41.1 Å². The van der Waals surface area contributed by atoms with Gasteiger partial charge in [0.2, 0.25) is 5.91 Å². The molecule has 0 saturated carbocycles. The Bertz CT molecular complexity index is 504. The average Bonchev–Trinajstić information content (AvgIpc) is 2.36. The molecule has 1 unspecified atom stereocenters. The highest BCUT2D eigenvalue weighted by Crippen LogP contribution is 2.29. The van der Waals surface area contributed by atoms with Crippen LogP contribution in [0.25, 0.3) is 0 Å². The van der Waals surface area contributed by atoms with E-state index in [2.05, 4.69) is 56.5 Å². The summed E-state index contributed by atoms with van der Waals surface area (Å²) >= 11 is 0. The molecule has 1 aliphatic rings. The zero-order chi connectivity index (χ0) is 15.6. The number of hydrogen-bond donors (Lipinski definition) is 2. The van der Waals surface area contributed by atoms with Crippen LogP contribution < -0.4 is 10.6 Å². The third-order valence-corrected chi connectivity index (χ3v) is 4.56. The molecule has 1 amide bonds. The summed E-state index contributed by atoms with van der Waals surface area (Å²) in [6.45, 7) is 12.7. The predicted molar refractivity (Wildman–Crippen MR) is 88.8 cm³/mol. The second-order valence-electron chi connectivity index (χ2n) is 6.85. The van der Waals surface area contributed by atoms with Crippen molar-refractivity contribution in [2.75, 3.05) is 18.4 Å². The molecule has 2 N–H and O–H groups in total. The first-order chi connectivity index (χ1) is 9.90. The number of benzene rings is 1. The van der Waals surface area contributed by atoms with E-state index in [-0.39, 0.29) is 11.8 Å². The first-order valence-corrected chi connectivity index (χ1v) is 8.05. The van der Waals surface area contributed by atoms with Gasteiger partial charge in [-0.15, -0.1) is 0 Å². The maximum Gasteiger partial charge on any atom is 0.227 e. The molecule has 21 heavy (non-hydrogen) atoms. The van der Waals surface area contributed by atoms with Crippen LogP contribution in [0.5, 0.6) is 0 Å². The molecule has 0 radical (unpaired) electrons. The summed E-state index contributed by atoms with van der Waals surface area (Å²) < 4.78 is 0. The van der Waals surface area contributed by atoms with Gasteiger partial charge in [0.05, 0.1) is 0 Å². The molecular formula is C18H28N2O. The number of nitrogens with one attached hydrogen (secondary N) is 2. The summed E-state index contributed by atoms with van der Waals surface area (Å²) in [4.78, 5) is 12.4. The van der Waals surface area contributed by atoms with Gasteiger partial charge in [0.1, 0.15) is 0 Å². The quantitative estimate of drug-likeness (QED) is 0.867. The zero-order valence-corrected chi connectivity index (χ0v) is 13.9. The summed E-state index contributed by atoms with van der Waals surface area (Å²) in [7, 11) is 0. The van der Waals surface area contributed by atoms with E-state index in [0.717, 1.165) is 18.8 Å². The number of hydrogen-bond acceptors (Lipinski definition) is 2. The van der Waals surface area contributed by atoms with Crippen LogP contribution in [0.15, 0.2) is 18.2 Å². The number of rotatable bonds is 5. The van der Waals surface area contributed by atoms with Gasteiger partial charge in [0.15, 0.2) is 0 Å². The van der Waals surface area contributed by atoms with Crippen molar-refractivity contribution in [2.24, 2.45) is 11.8 Å². The van der Waals surface area contributed by atoms with Gasteiger partial charge in [-0.1, -0.05) is 46.8 Å². The molecule has 2 rings (SSSR count). The molecule has 0 spiro atoms. The smallest absolute Gasteiger partial charge is 0.227 e. The lowest BCUT2D eigenvalue weighted by Gasteiger charge is -2.32. The van der Waals surface area contributed by atoms with Crippen molar-refractivity contribution in [1.82, 2.24) is 5.32 Å². The maximum absolute atomic E-state index is 12.4. The van der Waals surface area contributed by atoms with Crippen LogP contribution in [0.1, 0.15) is 57.6 Å². The third-order valence-electron chi connectivity index (χ3n) is 4.56. The van der Waals surface area contributed by atoms with E-state index in [9.17, 15) is 4.79 Å². The SMILES string of the molecule is CC(C)c1ccc(NC(=O)C(C)C2CNC2)c(C(C)C)c1. The fraction of sp³-hybridized carbons (Fsp3) is 0.611. The van der Waals surface area contributed by atoms with E-state index in [0.29, 0.717) is 17.8 Å². The van der Waals surface area contributed by atoms with Gasteiger partial charge in [-0.25, -0.2) is 0 Å². The summed E-state index contributed by atoms with van der Waals surface area (Å²) in [5, 5.41) is 6.37. The minimum atomic E-state index is 0.0658. The predicted octanol–water partition coefficient (Wildman–Crippen LogP) is 3.73. The Hall–Kier alpha value is -1.35. The van der Waals surface area contributed by atoms with Gasteiger partial charge < -0.3 is 10.6 Å². The van der Waals surface area contributed by atoms with Gasteiger partial charge >= 0.3 is 0 Å². The van der Waals surface area contributed by atoms with Crippen LogP contribution in [0.3, 0.4) is 0 Å². The molecule has 1 fully saturated rings. The lowest BCUT2D eigenvalue weighted by molar-refractivity contribution is -0.121. The third kappa shape index (κ3) is 3.65. The first kappa shape index (κ1) is 16.0. The fourth-order valence-electron chi connectivity index (χ4n) is 2.66. The molecule has 3 heteroatoms. The molecule has 3 nitrogen and oxygen atoms in total. The second kappa shape index (κ2) is 6.61. The average molecular weight is 288 g/mol. The van der Waals surface area contributed by atoms with Gasteiger partial charge in [-0.2, -0.15) is 0 Å². The van der Waals surface area contributed by atoms with Crippen LogP contribution in [-0.2, 0) is 4.79 Å². The molecule has 0 aliphatic carbocycles. The van der Waals surface area contributed by atoms with E-state index >= 15 is 0 Å². The molecule has 0 bridgehead atoms. The van der Waals surface area contributed by atoms with Crippen LogP contribution in [0, 0.1) is 11.8 Å². The highest BCUT2D eigenvalue weighted by atomic mass is 16.1. The Kier molecular flexibility index (Phi) is 5.04. The molecule has 1 saturated heterocycles. The Morgan fingerprint density at radius 2 is 1.81 bits per heavy atom. The van der Waals surface area contributed by atoms with Crippen molar-refractivity contribution in [3.63, 3.8) is 0 Å². The summed E-state index contributed by atoms with van der Waals surface area (Å²) in [5.41, 5.74) is 3.53. The Labute approximate surface area is 128 Å². The maximum atomic E-state index is 12.4. The van der Waals surface area contributed by atoms with Crippen LogP contribution in [-0.4, -0.2) is 19.0 Å². The lowest BCUT2D eigenvalue weighted by Crippen LogP contribution is -2.48.